The largest absolute Gasteiger partial charge is 0.379 e. The van der Waals surface area contributed by atoms with Crippen molar-refractivity contribution in [2.24, 2.45) is 0 Å². The van der Waals surface area contributed by atoms with Crippen molar-refractivity contribution in [2.75, 3.05) is 11.9 Å². The van der Waals surface area contributed by atoms with Crippen LogP contribution < -0.4 is 5.32 Å². The van der Waals surface area contributed by atoms with E-state index in [9.17, 15) is 10.1 Å². The Morgan fingerprint density at radius 2 is 1.96 bits per heavy atom. The SMILES string of the molecule is CCCCCc1cc(NCCc2ccccc2)c([N+](=O)[O-])c(Cl)n1. The molecule has 0 atom stereocenters. The minimum absolute atomic E-state index is 0.0452. The van der Waals surface area contributed by atoms with Crippen LogP contribution in [0.1, 0.15) is 37.4 Å². The number of aromatic nitrogens is 1. The van der Waals surface area contributed by atoms with Gasteiger partial charge in [0.05, 0.1) is 4.92 Å². The Balaban J connectivity index is 2.10. The molecular formula is C18H22ClN3O2. The second-order valence-electron chi connectivity index (χ2n) is 5.68. The topological polar surface area (TPSA) is 68.1 Å². The van der Waals surface area contributed by atoms with Crippen molar-refractivity contribution in [3.63, 3.8) is 0 Å². The summed E-state index contributed by atoms with van der Waals surface area (Å²) in [5, 5.41) is 14.4. The number of nitrogens with one attached hydrogen (secondary N) is 1. The van der Waals surface area contributed by atoms with Crippen LogP contribution in [0.2, 0.25) is 5.15 Å². The second kappa shape index (κ2) is 9.23. The molecular weight excluding hydrogens is 326 g/mol. The zero-order chi connectivity index (χ0) is 17.4. The molecule has 0 fully saturated rings. The van der Waals surface area contributed by atoms with Crippen LogP contribution in [0.25, 0.3) is 0 Å². The number of rotatable bonds is 9. The molecule has 0 saturated carbocycles. The van der Waals surface area contributed by atoms with Crippen LogP contribution in [0.3, 0.4) is 0 Å². The molecule has 2 rings (SSSR count). The molecule has 0 unspecified atom stereocenters. The summed E-state index contributed by atoms with van der Waals surface area (Å²) in [4.78, 5) is 15.0. The molecule has 5 nitrogen and oxygen atoms in total. The van der Waals surface area contributed by atoms with Crippen molar-refractivity contribution in [3.05, 3.63) is 62.9 Å². The lowest BCUT2D eigenvalue weighted by atomic mass is 10.1. The maximum Gasteiger partial charge on any atom is 0.329 e. The lowest BCUT2D eigenvalue weighted by Gasteiger charge is -2.10. The van der Waals surface area contributed by atoms with Gasteiger partial charge in [0, 0.05) is 12.2 Å². The molecule has 0 saturated heterocycles. The second-order valence-corrected chi connectivity index (χ2v) is 6.04. The Hall–Kier alpha value is -2.14. The highest BCUT2D eigenvalue weighted by molar-refractivity contribution is 6.32. The van der Waals surface area contributed by atoms with Gasteiger partial charge in [-0.2, -0.15) is 0 Å². The smallest absolute Gasteiger partial charge is 0.329 e. The zero-order valence-corrected chi connectivity index (χ0v) is 14.6. The van der Waals surface area contributed by atoms with Gasteiger partial charge in [-0.15, -0.1) is 0 Å². The summed E-state index contributed by atoms with van der Waals surface area (Å²) in [6.07, 6.45) is 4.78. The fraction of sp³-hybridized carbons (Fsp3) is 0.389. The van der Waals surface area contributed by atoms with E-state index in [-0.39, 0.29) is 10.8 Å². The molecule has 2 aromatic rings. The average Bonchev–Trinajstić information content (AvgIpc) is 2.55. The lowest BCUT2D eigenvalue weighted by molar-refractivity contribution is -0.384. The van der Waals surface area contributed by atoms with E-state index in [1.54, 1.807) is 6.07 Å². The molecule has 1 N–H and O–H groups in total. The number of hydrogen-bond donors (Lipinski definition) is 1. The standard InChI is InChI=1S/C18H22ClN3O2/c1-2-3-5-10-15-13-16(17(22(23)24)18(19)21-15)20-12-11-14-8-6-4-7-9-14/h4,6-9,13H,2-3,5,10-12H2,1H3,(H,20,21). The summed E-state index contributed by atoms with van der Waals surface area (Å²) in [6, 6.07) is 11.7. The maximum absolute atomic E-state index is 11.3. The Labute approximate surface area is 147 Å². The monoisotopic (exact) mass is 347 g/mol. The van der Waals surface area contributed by atoms with Gasteiger partial charge in [0.25, 0.3) is 0 Å². The number of nitro groups is 1. The minimum atomic E-state index is -0.476. The molecule has 128 valence electrons. The van der Waals surface area contributed by atoms with Crippen molar-refractivity contribution in [1.82, 2.24) is 4.98 Å². The van der Waals surface area contributed by atoms with E-state index in [1.165, 1.54) is 5.56 Å². The summed E-state index contributed by atoms with van der Waals surface area (Å²) in [6.45, 7) is 2.73. The predicted molar refractivity (Wildman–Crippen MR) is 97.8 cm³/mol. The number of halogens is 1. The Kier molecular flexibility index (Phi) is 7.00. The fourth-order valence-electron chi connectivity index (χ4n) is 2.54. The predicted octanol–water partition coefficient (Wildman–Crippen LogP) is 5.03. The number of anilines is 1. The first kappa shape index (κ1) is 18.2. The van der Waals surface area contributed by atoms with Gasteiger partial charge in [0.2, 0.25) is 5.15 Å². The van der Waals surface area contributed by atoms with E-state index in [0.29, 0.717) is 12.2 Å². The first-order valence-electron chi connectivity index (χ1n) is 8.23. The van der Waals surface area contributed by atoms with Gasteiger partial charge < -0.3 is 5.32 Å². The van der Waals surface area contributed by atoms with Gasteiger partial charge in [-0.05, 0) is 30.9 Å². The molecule has 0 bridgehead atoms. The molecule has 6 heteroatoms. The summed E-state index contributed by atoms with van der Waals surface area (Å²) in [5.74, 6) is 0. The fourth-order valence-corrected chi connectivity index (χ4v) is 2.82. The van der Waals surface area contributed by atoms with Gasteiger partial charge in [-0.1, -0.05) is 61.7 Å². The molecule has 1 aromatic carbocycles. The molecule has 0 spiro atoms. The molecule has 1 aromatic heterocycles. The summed E-state index contributed by atoms with van der Waals surface area (Å²) in [7, 11) is 0. The van der Waals surface area contributed by atoms with Crippen LogP contribution in [0.5, 0.6) is 0 Å². The van der Waals surface area contributed by atoms with Gasteiger partial charge >= 0.3 is 5.69 Å². The number of pyridine rings is 1. The Morgan fingerprint density at radius 1 is 1.21 bits per heavy atom. The number of unbranched alkanes of at least 4 members (excludes halogenated alkanes) is 2. The van der Waals surface area contributed by atoms with Gasteiger partial charge in [-0.3, -0.25) is 10.1 Å². The highest BCUT2D eigenvalue weighted by atomic mass is 35.5. The zero-order valence-electron chi connectivity index (χ0n) is 13.8. The van der Waals surface area contributed by atoms with E-state index >= 15 is 0 Å². The minimum Gasteiger partial charge on any atom is -0.379 e. The van der Waals surface area contributed by atoms with Crippen molar-refractivity contribution < 1.29 is 4.92 Å². The van der Waals surface area contributed by atoms with Crippen molar-refractivity contribution in [2.45, 2.75) is 39.0 Å². The molecule has 0 radical (unpaired) electrons. The number of benzene rings is 1. The third kappa shape index (κ3) is 5.20. The van der Waals surface area contributed by atoms with E-state index in [1.807, 2.05) is 30.3 Å². The molecule has 0 aliphatic heterocycles. The van der Waals surface area contributed by atoms with Gasteiger partial charge in [-0.25, -0.2) is 4.98 Å². The highest BCUT2D eigenvalue weighted by Crippen LogP contribution is 2.32. The summed E-state index contributed by atoms with van der Waals surface area (Å²) in [5.41, 5.74) is 2.27. The normalized spacial score (nSPS) is 10.6. The van der Waals surface area contributed by atoms with Crippen LogP contribution >= 0.6 is 11.6 Å². The van der Waals surface area contributed by atoms with Crippen molar-refractivity contribution in [3.8, 4) is 0 Å². The molecule has 24 heavy (non-hydrogen) atoms. The number of hydrogen-bond acceptors (Lipinski definition) is 4. The van der Waals surface area contributed by atoms with E-state index in [2.05, 4.69) is 17.2 Å². The van der Waals surface area contributed by atoms with Gasteiger partial charge in [0.1, 0.15) is 5.69 Å². The third-order valence-electron chi connectivity index (χ3n) is 3.79. The van der Waals surface area contributed by atoms with Crippen LogP contribution in [0.4, 0.5) is 11.4 Å². The highest BCUT2D eigenvalue weighted by Gasteiger charge is 2.21. The van der Waals surface area contributed by atoms with Gasteiger partial charge in [0.15, 0.2) is 0 Å². The quantitative estimate of drug-likeness (QED) is 0.299. The summed E-state index contributed by atoms with van der Waals surface area (Å²) < 4.78 is 0. The Bertz CT molecular complexity index is 677. The van der Waals surface area contributed by atoms with Crippen LogP contribution in [-0.4, -0.2) is 16.5 Å². The first-order chi connectivity index (χ1) is 11.6. The van der Waals surface area contributed by atoms with Crippen molar-refractivity contribution in [1.29, 1.82) is 0 Å². The lowest BCUT2D eigenvalue weighted by Crippen LogP contribution is -2.09. The van der Waals surface area contributed by atoms with Crippen molar-refractivity contribution >= 4 is 23.0 Å². The van der Waals surface area contributed by atoms with E-state index in [4.69, 9.17) is 11.6 Å². The van der Waals surface area contributed by atoms with E-state index in [0.717, 1.165) is 37.8 Å². The molecule has 0 amide bonds. The van der Waals surface area contributed by atoms with Crippen LogP contribution in [0, 0.1) is 10.1 Å². The van der Waals surface area contributed by atoms with Crippen LogP contribution in [0.15, 0.2) is 36.4 Å². The summed E-state index contributed by atoms with van der Waals surface area (Å²) >= 11 is 6.05. The number of nitrogens with zero attached hydrogens (tertiary/aromatic N) is 2. The first-order valence-corrected chi connectivity index (χ1v) is 8.61. The molecule has 1 heterocycles. The van der Waals surface area contributed by atoms with Crippen LogP contribution in [-0.2, 0) is 12.8 Å². The average molecular weight is 348 g/mol. The maximum atomic E-state index is 11.3. The third-order valence-corrected chi connectivity index (χ3v) is 4.06. The van der Waals surface area contributed by atoms with E-state index < -0.39 is 4.92 Å². The number of aryl methyl sites for hydroxylation is 1. The molecule has 0 aliphatic carbocycles. The molecule has 0 aliphatic rings. The Morgan fingerprint density at radius 3 is 2.62 bits per heavy atom.